The van der Waals surface area contributed by atoms with Gasteiger partial charge in [-0.2, -0.15) is 0 Å². The van der Waals surface area contributed by atoms with Gasteiger partial charge in [0.1, 0.15) is 5.58 Å². The first-order valence-corrected chi connectivity index (χ1v) is 10.1. The van der Waals surface area contributed by atoms with Crippen LogP contribution in [0.2, 0.25) is 0 Å². The number of unbranched alkanes of at least 4 members (excludes halogenated alkanes) is 3. The molecular formula is C24H29NO3. The van der Waals surface area contributed by atoms with E-state index in [1.807, 2.05) is 67.5 Å². The molecule has 148 valence electrons. The molecule has 0 spiro atoms. The van der Waals surface area contributed by atoms with Crippen LogP contribution in [0.3, 0.4) is 0 Å². The summed E-state index contributed by atoms with van der Waals surface area (Å²) in [5, 5.41) is 0.542. The highest BCUT2D eigenvalue weighted by atomic mass is 16.5. The van der Waals surface area contributed by atoms with Gasteiger partial charge in [-0.05, 0) is 39.1 Å². The van der Waals surface area contributed by atoms with E-state index in [0.717, 1.165) is 18.4 Å². The van der Waals surface area contributed by atoms with Crippen molar-refractivity contribution in [2.45, 2.75) is 45.3 Å². The van der Waals surface area contributed by atoms with E-state index in [4.69, 9.17) is 9.15 Å². The van der Waals surface area contributed by atoms with E-state index in [-0.39, 0.29) is 11.7 Å². The summed E-state index contributed by atoms with van der Waals surface area (Å²) in [5.41, 5.74) is 1.29. The second kappa shape index (κ2) is 9.56. The molecule has 0 amide bonds. The highest BCUT2D eigenvalue weighted by Gasteiger charge is 2.22. The maximum Gasteiger partial charge on any atom is 0.235 e. The Kier molecular flexibility index (Phi) is 6.88. The predicted octanol–water partition coefficient (Wildman–Crippen LogP) is 5.70. The minimum atomic E-state index is -0.177. The minimum absolute atomic E-state index is 0.124. The molecule has 1 unspecified atom stereocenters. The van der Waals surface area contributed by atoms with Gasteiger partial charge in [0.05, 0.1) is 5.39 Å². The normalized spacial score (nSPS) is 12.4. The number of ether oxygens (including phenoxy) is 1. The summed E-state index contributed by atoms with van der Waals surface area (Å²) >= 11 is 0. The molecule has 0 saturated carbocycles. The lowest BCUT2D eigenvalue weighted by molar-refractivity contribution is 0.0528. The lowest BCUT2D eigenvalue weighted by atomic mass is 10.1. The highest BCUT2D eigenvalue weighted by Crippen LogP contribution is 2.32. The third kappa shape index (κ3) is 4.63. The number of fused-ring (bicyclic) bond motifs is 1. The Morgan fingerprint density at radius 3 is 2.39 bits per heavy atom. The standard InChI is InChI=1S/C24H29NO3/c1-4-5-6-10-17-21(25(2)3)28-24-22(26)19-15-11-12-16-20(19)27-23(24)18-13-8-7-9-14-18/h7-9,11-16,21H,4-6,10,17H2,1-3H3. The van der Waals surface area contributed by atoms with Gasteiger partial charge >= 0.3 is 0 Å². The molecule has 0 aliphatic rings. The Labute approximate surface area is 166 Å². The van der Waals surface area contributed by atoms with E-state index in [0.29, 0.717) is 22.5 Å². The maximum atomic E-state index is 13.3. The van der Waals surface area contributed by atoms with Gasteiger partial charge in [-0.25, -0.2) is 0 Å². The van der Waals surface area contributed by atoms with Crippen molar-refractivity contribution in [2.24, 2.45) is 0 Å². The molecule has 4 heteroatoms. The van der Waals surface area contributed by atoms with E-state index in [2.05, 4.69) is 6.92 Å². The molecule has 2 aromatic carbocycles. The lowest BCUT2D eigenvalue weighted by Gasteiger charge is -2.26. The summed E-state index contributed by atoms with van der Waals surface area (Å²) in [7, 11) is 3.96. The molecule has 3 rings (SSSR count). The van der Waals surface area contributed by atoms with Gasteiger partial charge in [0.25, 0.3) is 0 Å². The fraction of sp³-hybridized carbons (Fsp3) is 0.375. The molecule has 0 N–H and O–H groups in total. The van der Waals surface area contributed by atoms with Gasteiger partial charge < -0.3 is 9.15 Å². The van der Waals surface area contributed by atoms with Gasteiger partial charge in [-0.15, -0.1) is 0 Å². The molecule has 0 fully saturated rings. The fourth-order valence-electron chi connectivity index (χ4n) is 3.32. The van der Waals surface area contributed by atoms with Crippen molar-refractivity contribution < 1.29 is 9.15 Å². The lowest BCUT2D eigenvalue weighted by Crippen LogP contribution is -2.35. The Bertz CT molecular complexity index is 947. The molecule has 0 radical (unpaired) electrons. The molecule has 0 aliphatic carbocycles. The van der Waals surface area contributed by atoms with Gasteiger partial charge in [-0.1, -0.05) is 68.7 Å². The number of para-hydroxylation sites is 1. The van der Waals surface area contributed by atoms with Gasteiger partial charge in [0, 0.05) is 5.56 Å². The van der Waals surface area contributed by atoms with Crippen LogP contribution in [0.5, 0.6) is 5.75 Å². The third-order valence-electron chi connectivity index (χ3n) is 4.93. The van der Waals surface area contributed by atoms with Gasteiger partial charge in [0.15, 0.2) is 12.0 Å². The molecule has 0 saturated heterocycles. The molecule has 4 nitrogen and oxygen atoms in total. The van der Waals surface area contributed by atoms with Crippen LogP contribution in [-0.4, -0.2) is 25.2 Å². The van der Waals surface area contributed by atoms with Crippen molar-refractivity contribution in [3.05, 3.63) is 64.8 Å². The van der Waals surface area contributed by atoms with Crippen molar-refractivity contribution in [3.63, 3.8) is 0 Å². The molecule has 0 aliphatic heterocycles. The minimum Gasteiger partial charge on any atom is -0.467 e. The van der Waals surface area contributed by atoms with Gasteiger partial charge in [-0.3, -0.25) is 9.69 Å². The van der Waals surface area contributed by atoms with E-state index in [1.54, 1.807) is 6.07 Å². The fourth-order valence-corrected chi connectivity index (χ4v) is 3.32. The first-order valence-electron chi connectivity index (χ1n) is 10.1. The van der Waals surface area contributed by atoms with Crippen LogP contribution in [0.15, 0.2) is 63.8 Å². The largest absolute Gasteiger partial charge is 0.467 e. The molecule has 0 bridgehead atoms. The van der Waals surface area contributed by atoms with Crippen molar-refractivity contribution in [1.82, 2.24) is 4.90 Å². The topological polar surface area (TPSA) is 42.7 Å². The van der Waals surface area contributed by atoms with Crippen LogP contribution in [0.25, 0.3) is 22.3 Å². The molecule has 1 atom stereocenters. The van der Waals surface area contributed by atoms with E-state index in [9.17, 15) is 4.79 Å². The summed E-state index contributed by atoms with van der Waals surface area (Å²) < 4.78 is 12.4. The summed E-state index contributed by atoms with van der Waals surface area (Å²) in [6, 6.07) is 17.0. The smallest absolute Gasteiger partial charge is 0.235 e. The van der Waals surface area contributed by atoms with E-state index >= 15 is 0 Å². The Hall–Kier alpha value is -2.59. The monoisotopic (exact) mass is 379 g/mol. The van der Waals surface area contributed by atoms with Crippen LogP contribution in [-0.2, 0) is 0 Å². The quantitative estimate of drug-likeness (QED) is 0.353. The molecule has 1 heterocycles. The zero-order chi connectivity index (χ0) is 19.9. The first kappa shape index (κ1) is 20.2. The average Bonchev–Trinajstić information content (AvgIpc) is 2.72. The van der Waals surface area contributed by atoms with E-state index < -0.39 is 0 Å². The number of rotatable bonds is 9. The average molecular weight is 380 g/mol. The van der Waals surface area contributed by atoms with Crippen LogP contribution in [0, 0.1) is 0 Å². The molecule has 3 aromatic rings. The van der Waals surface area contributed by atoms with Crippen LogP contribution in [0.4, 0.5) is 0 Å². The van der Waals surface area contributed by atoms with Crippen molar-refractivity contribution in [2.75, 3.05) is 14.1 Å². The number of hydrogen-bond acceptors (Lipinski definition) is 4. The second-order valence-electron chi connectivity index (χ2n) is 7.34. The molecule has 1 aromatic heterocycles. The summed E-state index contributed by atoms with van der Waals surface area (Å²) in [5.74, 6) is 0.781. The number of nitrogens with zero attached hydrogens (tertiary/aromatic N) is 1. The SMILES string of the molecule is CCCCCCC(Oc1c(-c2ccccc2)oc2ccccc2c1=O)N(C)C. The van der Waals surface area contributed by atoms with Crippen LogP contribution < -0.4 is 10.2 Å². The van der Waals surface area contributed by atoms with Crippen LogP contribution >= 0.6 is 0 Å². The van der Waals surface area contributed by atoms with Gasteiger partial charge in [0.2, 0.25) is 11.2 Å². The Morgan fingerprint density at radius 1 is 0.964 bits per heavy atom. The number of hydrogen-bond donors (Lipinski definition) is 0. The van der Waals surface area contributed by atoms with E-state index in [1.165, 1.54) is 19.3 Å². The highest BCUT2D eigenvalue weighted by molar-refractivity contribution is 5.81. The summed E-state index contributed by atoms with van der Waals surface area (Å²) in [6.45, 7) is 2.20. The third-order valence-corrected chi connectivity index (χ3v) is 4.93. The molecular weight excluding hydrogens is 350 g/mol. The Balaban J connectivity index is 2.02. The summed E-state index contributed by atoms with van der Waals surface area (Å²) in [4.78, 5) is 15.3. The van der Waals surface area contributed by atoms with Crippen LogP contribution in [0.1, 0.15) is 39.0 Å². The zero-order valence-electron chi connectivity index (χ0n) is 17.0. The second-order valence-corrected chi connectivity index (χ2v) is 7.34. The zero-order valence-corrected chi connectivity index (χ0v) is 17.0. The first-order chi connectivity index (χ1) is 13.6. The van der Waals surface area contributed by atoms with Crippen molar-refractivity contribution in [3.8, 4) is 17.1 Å². The Morgan fingerprint density at radius 2 is 1.68 bits per heavy atom. The predicted molar refractivity (Wildman–Crippen MR) is 115 cm³/mol. The van der Waals surface area contributed by atoms with Crippen molar-refractivity contribution in [1.29, 1.82) is 0 Å². The summed E-state index contributed by atoms with van der Waals surface area (Å²) in [6.07, 6.45) is 5.34. The maximum absolute atomic E-state index is 13.3. The molecule has 28 heavy (non-hydrogen) atoms. The van der Waals surface area contributed by atoms with Crippen molar-refractivity contribution >= 4 is 11.0 Å². The number of benzene rings is 2.